The molecule has 2 heterocycles. The van der Waals surface area contributed by atoms with E-state index >= 15 is 0 Å². The molecular formula is C28H32F2N2O3. The third kappa shape index (κ3) is 6.99. The highest BCUT2D eigenvalue weighted by Crippen LogP contribution is 2.30. The molecule has 0 amide bonds. The van der Waals surface area contributed by atoms with E-state index in [1.165, 1.54) is 24.3 Å². The Balaban J connectivity index is 1.26. The van der Waals surface area contributed by atoms with Gasteiger partial charge < -0.3 is 14.1 Å². The van der Waals surface area contributed by atoms with Gasteiger partial charge >= 0.3 is 5.97 Å². The number of furan rings is 1. The van der Waals surface area contributed by atoms with E-state index < -0.39 is 5.97 Å². The molecule has 0 saturated carbocycles. The number of rotatable bonds is 10. The fraction of sp³-hybridized carbons (Fsp3) is 0.393. The van der Waals surface area contributed by atoms with Gasteiger partial charge in [0.2, 0.25) is 5.76 Å². The van der Waals surface area contributed by atoms with Crippen molar-refractivity contribution in [2.24, 2.45) is 0 Å². The number of ether oxygens (including phenoxy) is 1. The van der Waals surface area contributed by atoms with Crippen LogP contribution in [0.15, 0.2) is 65.1 Å². The lowest BCUT2D eigenvalue weighted by atomic mass is 9.87. The standard InChI is InChI=1S/C28H32F2N2O3/c1-2-34-28(33)27-14-13-25(35-27)20-32-18-16-31(17-19-32)15-3-4-26(21-5-9-23(29)10-6-21)22-7-11-24(30)12-8-22/h5-14,26H,2-4,15-20H2,1H3. The normalized spacial score (nSPS) is 15.0. The number of carbonyl (C=O) groups is 1. The van der Waals surface area contributed by atoms with Crippen LogP contribution in [0.4, 0.5) is 8.78 Å². The van der Waals surface area contributed by atoms with Crippen LogP contribution in [0.1, 0.15) is 53.1 Å². The molecule has 3 aromatic rings. The molecule has 35 heavy (non-hydrogen) atoms. The van der Waals surface area contributed by atoms with Gasteiger partial charge in [-0.3, -0.25) is 4.90 Å². The fourth-order valence-electron chi connectivity index (χ4n) is 4.60. The maximum absolute atomic E-state index is 13.5. The molecule has 2 aromatic carbocycles. The van der Waals surface area contributed by atoms with Crippen LogP contribution >= 0.6 is 0 Å². The molecular weight excluding hydrogens is 450 g/mol. The predicted octanol–water partition coefficient (Wildman–Crippen LogP) is 5.46. The highest BCUT2D eigenvalue weighted by atomic mass is 19.1. The highest BCUT2D eigenvalue weighted by Gasteiger charge is 2.20. The van der Waals surface area contributed by atoms with Gasteiger partial charge in [0.15, 0.2) is 0 Å². The fourth-order valence-corrected chi connectivity index (χ4v) is 4.60. The quantitative estimate of drug-likeness (QED) is 0.359. The zero-order valence-electron chi connectivity index (χ0n) is 20.1. The van der Waals surface area contributed by atoms with Crippen LogP contribution in [0.3, 0.4) is 0 Å². The van der Waals surface area contributed by atoms with Gasteiger partial charge in [-0.2, -0.15) is 0 Å². The van der Waals surface area contributed by atoms with Crippen LogP contribution < -0.4 is 0 Å². The van der Waals surface area contributed by atoms with E-state index in [0.717, 1.165) is 62.5 Å². The Hall–Kier alpha value is -3.03. The highest BCUT2D eigenvalue weighted by molar-refractivity contribution is 5.86. The summed E-state index contributed by atoms with van der Waals surface area (Å²) in [7, 11) is 0. The number of hydrogen-bond donors (Lipinski definition) is 0. The number of nitrogens with zero attached hydrogens (tertiary/aromatic N) is 2. The maximum Gasteiger partial charge on any atom is 0.374 e. The second kappa shape index (κ2) is 12.1. The van der Waals surface area contributed by atoms with E-state index in [4.69, 9.17) is 9.15 Å². The number of carbonyl (C=O) groups excluding carboxylic acids is 1. The summed E-state index contributed by atoms with van der Waals surface area (Å²) in [6.45, 7) is 7.51. The Morgan fingerprint density at radius 2 is 1.46 bits per heavy atom. The molecule has 0 N–H and O–H groups in total. The molecule has 1 aliphatic heterocycles. The minimum atomic E-state index is -0.428. The lowest BCUT2D eigenvalue weighted by Crippen LogP contribution is -2.46. The molecule has 7 heteroatoms. The van der Waals surface area contributed by atoms with Crippen molar-refractivity contribution >= 4 is 5.97 Å². The molecule has 0 spiro atoms. The smallest absolute Gasteiger partial charge is 0.374 e. The van der Waals surface area contributed by atoms with Gasteiger partial charge in [-0.1, -0.05) is 24.3 Å². The van der Waals surface area contributed by atoms with Crippen LogP contribution in [0, 0.1) is 11.6 Å². The third-order valence-corrected chi connectivity index (χ3v) is 6.49. The zero-order chi connectivity index (χ0) is 24.6. The van der Waals surface area contributed by atoms with Crippen molar-refractivity contribution in [2.45, 2.75) is 32.2 Å². The second-order valence-corrected chi connectivity index (χ2v) is 8.90. The Bertz CT molecular complexity index is 1030. The zero-order valence-corrected chi connectivity index (χ0v) is 20.1. The SMILES string of the molecule is CCOC(=O)c1ccc(CN2CCN(CCCC(c3ccc(F)cc3)c3ccc(F)cc3)CC2)o1. The van der Waals surface area contributed by atoms with Crippen molar-refractivity contribution in [3.63, 3.8) is 0 Å². The van der Waals surface area contributed by atoms with Gasteiger partial charge in [0.25, 0.3) is 0 Å². The molecule has 0 unspecified atom stereocenters. The molecule has 0 aliphatic carbocycles. The first kappa shape index (κ1) is 25.1. The average molecular weight is 483 g/mol. The summed E-state index contributed by atoms with van der Waals surface area (Å²) < 4.78 is 37.5. The minimum Gasteiger partial charge on any atom is -0.460 e. The van der Waals surface area contributed by atoms with Crippen molar-refractivity contribution in [1.29, 1.82) is 0 Å². The number of hydrogen-bond acceptors (Lipinski definition) is 5. The first-order valence-electron chi connectivity index (χ1n) is 12.2. The Morgan fingerprint density at radius 3 is 2.03 bits per heavy atom. The topological polar surface area (TPSA) is 45.9 Å². The van der Waals surface area contributed by atoms with Gasteiger partial charge in [0.1, 0.15) is 17.4 Å². The van der Waals surface area contributed by atoms with Crippen molar-refractivity contribution in [2.75, 3.05) is 39.3 Å². The van der Waals surface area contributed by atoms with Crippen LogP contribution in [-0.2, 0) is 11.3 Å². The molecule has 186 valence electrons. The summed E-state index contributed by atoms with van der Waals surface area (Å²) in [5, 5.41) is 0. The molecule has 1 aromatic heterocycles. The molecule has 0 radical (unpaired) electrons. The van der Waals surface area contributed by atoms with Gasteiger partial charge in [0, 0.05) is 32.1 Å². The van der Waals surface area contributed by atoms with Crippen molar-refractivity contribution in [3.05, 3.63) is 94.9 Å². The number of piperazine rings is 1. The van der Waals surface area contributed by atoms with Crippen LogP contribution in [-0.4, -0.2) is 55.1 Å². The minimum absolute atomic E-state index is 0.102. The third-order valence-electron chi connectivity index (χ3n) is 6.49. The first-order chi connectivity index (χ1) is 17.0. The van der Waals surface area contributed by atoms with Crippen LogP contribution in [0.5, 0.6) is 0 Å². The Morgan fingerprint density at radius 1 is 0.886 bits per heavy atom. The van der Waals surface area contributed by atoms with Crippen molar-refractivity contribution < 1.29 is 22.7 Å². The molecule has 1 saturated heterocycles. The predicted molar refractivity (Wildman–Crippen MR) is 130 cm³/mol. The largest absolute Gasteiger partial charge is 0.460 e. The molecule has 4 rings (SSSR count). The molecule has 5 nitrogen and oxygen atoms in total. The number of esters is 1. The van der Waals surface area contributed by atoms with E-state index in [-0.39, 0.29) is 23.3 Å². The average Bonchev–Trinajstić information content (AvgIpc) is 3.33. The van der Waals surface area contributed by atoms with Gasteiger partial charge in [-0.05, 0) is 73.8 Å². The summed E-state index contributed by atoms with van der Waals surface area (Å²) in [6.07, 6.45) is 1.89. The van der Waals surface area contributed by atoms with Crippen molar-refractivity contribution in [1.82, 2.24) is 9.80 Å². The summed E-state index contributed by atoms with van der Waals surface area (Å²) in [5.74, 6) is 0.181. The lowest BCUT2D eigenvalue weighted by molar-refractivity contribution is 0.0484. The van der Waals surface area contributed by atoms with E-state index in [1.54, 1.807) is 13.0 Å². The maximum atomic E-state index is 13.5. The van der Waals surface area contributed by atoms with E-state index in [2.05, 4.69) is 9.80 Å². The number of benzene rings is 2. The molecule has 0 bridgehead atoms. The summed E-state index contributed by atoms with van der Waals surface area (Å²) >= 11 is 0. The van der Waals surface area contributed by atoms with Gasteiger partial charge in [-0.15, -0.1) is 0 Å². The summed E-state index contributed by atoms with van der Waals surface area (Å²) in [4.78, 5) is 16.6. The van der Waals surface area contributed by atoms with E-state index in [1.807, 2.05) is 30.3 Å². The van der Waals surface area contributed by atoms with Gasteiger partial charge in [0.05, 0.1) is 13.2 Å². The van der Waals surface area contributed by atoms with E-state index in [0.29, 0.717) is 13.2 Å². The number of halogens is 2. The Kier molecular flexibility index (Phi) is 8.66. The van der Waals surface area contributed by atoms with Crippen LogP contribution in [0.2, 0.25) is 0 Å². The molecule has 1 aliphatic rings. The monoisotopic (exact) mass is 482 g/mol. The lowest BCUT2D eigenvalue weighted by Gasteiger charge is -2.34. The van der Waals surface area contributed by atoms with Crippen molar-refractivity contribution in [3.8, 4) is 0 Å². The van der Waals surface area contributed by atoms with Gasteiger partial charge in [-0.25, -0.2) is 13.6 Å². The summed E-state index contributed by atoms with van der Waals surface area (Å²) in [6, 6.07) is 16.7. The first-order valence-corrected chi connectivity index (χ1v) is 12.2. The Labute approximate surface area is 205 Å². The second-order valence-electron chi connectivity index (χ2n) is 8.90. The van der Waals surface area contributed by atoms with E-state index in [9.17, 15) is 13.6 Å². The van der Waals surface area contributed by atoms with Crippen LogP contribution in [0.25, 0.3) is 0 Å². The summed E-state index contributed by atoms with van der Waals surface area (Å²) in [5.41, 5.74) is 2.09. The molecule has 1 fully saturated rings. The molecule has 0 atom stereocenters.